The van der Waals surface area contributed by atoms with Crippen molar-refractivity contribution >= 4 is 11.4 Å². The average Bonchev–Trinajstić information content (AvgIpc) is 2.51. The fourth-order valence-corrected chi connectivity index (χ4v) is 2.59. The number of hydrogen-bond donors (Lipinski definition) is 2. The van der Waals surface area contributed by atoms with E-state index in [0.29, 0.717) is 5.92 Å². The summed E-state index contributed by atoms with van der Waals surface area (Å²) >= 11 is 0. The molecular formula is C19H24N2. The van der Waals surface area contributed by atoms with Crippen LogP contribution in [0.2, 0.25) is 0 Å². The molecule has 0 bridgehead atoms. The number of benzene rings is 2. The molecule has 2 heteroatoms. The maximum atomic E-state index is 4.25. The van der Waals surface area contributed by atoms with Crippen LogP contribution < -0.4 is 10.6 Å². The first-order valence-corrected chi connectivity index (χ1v) is 7.44. The molecule has 2 N–H and O–H groups in total. The lowest BCUT2D eigenvalue weighted by Gasteiger charge is -2.21. The van der Waals surface area contributed by atoms with Crippen LogP contribution >= 0.6 is 0 Å². The molecule has 2 nitrogen and oxygen atoms in total. The lowest BCUT2D eigenvalue weighted by molar-refractivity contribution is 0.766. The maximum absolute atomic E-state index is 4.25. The lowest BCUT2D eigenvalue weighted by Crippen LogP contribution is -2.09. The van der Waals surface area contributed by atoms with Crippen LogP contribution in [0.1, 0.15) is 30.4 Å². The Morgan fingerprint density at radius 3 is 2.43 bits per heavy atom. The first kappa shape index (κ1) is 15.2. The third-order valence-electron chi connectivity index (χ3n) is 3.84. The topological polar surface area (TPSA) is 24.1 Å². The van der Waals surface area contributed by atoms with Crippen LogP contribution in [0.3, 0.4) is 0 Å². The molecule has 1 atom stereocenters. The highest BCUT2D eigenvalue weighted by Gasteiger charge is 2.13. The number of anilines is 2. The highest BCUT2D eigenvalue weighted by atomic mass is 14.9. The summed E-state index contributed by atoms with van der Waals surface area (Å²) in [7, 11) is 1.93. The molecule has 110 valence electrons. The largest absolute Gasteiger partial charge is 0.388 e. The standard InChI is InChI=1S/C19H24N2/c1-5-18(16-9-7-6-8-10-16)15(3)21-19-12-11-17(20-4)13-14(19)2/h6-13,18,20-21H,3,5H2,1-2,4H3. The Morgan fingerprint density at radius 1 is 1.14 bits per heavy atom. The predicted octanol–water partition coefficient (Wildman–Crippen LogP) is 5.16. The van der Waals surface area contributed by atoms with E-state index in [9.17, 15) is 0 Å². The first-order valence-electron chi connectivity index (χ1n) is 7.44. The van der Waals surface area contributed by atoms with E-state index in [-0.39, 0.29) is 0 Å². The van der Waals surface area contributed by atoms with Crippen LogP contribution in [0.15, 0.2) is 60.8 Å². The van der Waals surface area contributed by atoms with Gasteiger partial charge in [0.25, 0.3) is 0 Å². The zero-order valence-electron chi connectivity index (χ0n) is 13.1. The van der Waals surface area contributed by atoms with Crippen LogP contribution in [0, 0.1) is 6.92 Å². The van der Waals surface area contributed by atoms with Crippen molar-refractivity contribution in [2.45, 2.75) is 26.2 Å². The van der Waals surface area contributed by atoms with E-state index in [1.54, 1.807) is 0 Å². The molecule has 0 aliphatic rings. The monoisotopic (exact) mass is 280 g/mol. The van der Waals surface area contributed by atoms with E-state index in [1.165, 1.54) is 11.1 Å². The number of hydrogen-bond acceptors (Lipinski definition) is 2. The lowest BCUT2D eigenvalue weighted by atomic mass is 9.93. The Balaban J connectivity index is 2.16. The molecule has 0 fully saturated rings. The summed E-state index contributed by atoms with van der Waals surface area (Å²) in [6.45, 7) is 8.56. The van der Waals surface area contributed by atoms with Gasteiger partial charge in [0.2, 0.25) is 0 Å². The summed E-state index contributed by atoms with van der Waals surface area (Å²) in [6.07, 6.45) is 1.03. The summed E-state index contributed by atoms with van der Waals surface area (Å²) < 4.78 is 0. The van der Waals surface area contributed by atoms with Gasteiger partial charge in [-0.3, -0.25) is 0 Å². The molecule has 0 heterocycles. The second-order valence-corrected chi connectivity index (χ2v) is 5.30. The Labute approximate surface area is 127 Å². The Kier molecular flexibility index (Phi) is 5.04. The van der Waals surface area contributed by atoms with Gasteiger partial charge in [-0.15, -0.1) is 0 Å². The van der Waals surface area contributed by atoms with E-state index in [0.717, 1.165) is 23.5 Å². The molecule has 2 rings (SSSR count). The van der Waals surface area contributed by atoms with Gasteiger partial charge in [-0.2, -0.15) is 0 Å². The van der Waals surface area contributed by atoms with Gasteiger partial charge in [0, 0.05) is 30.0 Å². The number of nitrogens with one attached hydrogen (secondary N) is 2. The van der Waals surface area contributed by atoms with Gasteiger partial charge in [0.05, 0.1) is 0 Å². The van der Waals surface area contributed by atoms with Crippen molar-refractivity contribution in [3.63, 3.8) is 0 Å². The van der Waals surface area contributed by atoms with Gasteiger partial charge in [-0.1, -0.05) is 43.8 Å². The normalized spacial score (nSPS) is 11.8. The van der Waals surface area contributed by atoms with Crippen molar-refractivity contribution in [1.82, 2.24) is 0 Å². The second kappa shape index (κ2) is 6.98. The summed E-state index contributed by atoms with van der Waals surface area (Å²) in [5.41, 5.74) is 5.81. The van der Waals surface area contributed by atoms with Gasteiger partial charge < -0.3 is 10.6 Å². The van der Waals surface area contributed by atoms with Crippen molar-refractivity contribution < 1.29 is 0 Å². The van der Waals surface area contributed by atoms with Crippen LogP contribution in [0.5, 0.6) is 0 Å². The van der Waals surface area contributed by atoms with E-state index in [2.05, 4.69) is 73.5 Å². The second-order valence-electron chi connectivity index (χ2n) is 5.30. The number of aryl methyl sites for hydroxylation is 1. The Morgan fingerprint density at radius 2 is 1.86 bits per heavy atom. The van der Waals surface area contributed by atoms with Crippen molar-refractivity contribution in [2.75, 3.05) is 17.7 Å². The van der Waals surface area contributed by atoms with Crippen molar-refractivity contribution in [2.24, 2.45) is 0 Å². The third kappa shape index (κ3) is 3.66. The Hall–Kier alpha value is -2.22. The van der Waals surface area contributed by atoms with Crippen molar-refractivity contribution in [3.8, 4) is 0 Å². The predicted molar refractivity (Wildman–Crippen MR) is 93.0 cm³/mol. The molecule has 2 aromatic rings. The van der Waals surface area contributed by atoms with Gasteiger partial charge in [0.15, 0.2) is 0 Å². The Bertz CT molecular complexity index is 602. The van der Waals surface area contributed by atoms with Crippen LogP contribution in [0.4, 0.5) is 11.4 Å². The summed E-state index contributed by atoms with van der Waals surface area (Å²) in [6, 6.07) is 16.9. The summed E-state index contributed by atoms with van der Waals surface area (Å²) in [4.78, 5) is 0. The molecule has 21 heavy (non-hydrogen) atoms. The molecule has 0 radical (unpaired) electrons. The number of allylic oxidation sites excluding steroid dienone is 1. The van der Waals surface area contributed by atoms with Crippen molar-refractivity contribution in [3.05, 3.63) is 71.9 Å². The highest BCUT2D eigenvalue weighted by Crippen LogP contribution is 2.29. The molecular weight excluding hydrogens is 256 g/mol. The van der Waals surface area contributed by atoms with E-state index in [4.69, 9.17) is 0 Å². The minimum atomic E-state index is 0.328. The van der Waals surface area contributed by atoms with E-state index in [1.807, 2.05) is 13.1 Å². The minimum Gasteiger partial charge on any atom is -0.388 e. The SMILES string of the molecule is C=C(Nc1ccc(NC)cc1C)C(CC)c1ccccc1. The molecule has 0 saturated heterocycles. The number of rotatable bonds is 6. The van der Waals surface area contributed by atoms with E-state index >= 15 is 0 Å². The first-order chi connectivity index (χ1) is 10.2. The van der Waals surface area contributed by atoms with Crippen LogP contribution in [-0.4, -0.2) is 7.05 Å². The molecule has 0 saturated carbocycles. The molecule has 1 unspecified atom stereocenters. The molecule has 0 aliphatic heterocycles. The fourth-order valence-electron chi connectivity index (χ4n) is 2.59. The van der Waals surface area contributed by atoms with Gasteiger partial charge in [0.1, 0.15) is 0 Å². The van der Waals surface area contributed by atoms with Crippen molar-refractivity contribution in [1.29, 1.82) is 0 Å². The van der Waals surface area contributed by atoms with Crippen LogP contribution in [-0.2, 0) is 0 Å². The third-order valence-corrected chi connectivity index (χ3v) is 3.84. The maximum Gasteiger partial charge on any atom is 0.0413 e. The summed E-state index contributed by atoms with van der Waals surface area (Å²) in [5.74, 6) is 0.328. The van der Waals surface area contributed by atoms with Gasteiger partial charge >= 0.3 is 0 Å². The zero-order valence-corrected chi connectivity index (χ0v) is 13.1. The molecule has 0 aromatic heterocycles. The zero-order chi connectivity index (χ0) is 15.2. The van der Waals surface area contributed by atoms with Crippen LogP contribution in [0.25, 0.3) is 0 Å². The van der Waals surface area contributed by atoms with Gasteiger partial charge in [-0.25, -0.2) is 0 Å². The molecule has 0 spiro atoms. The molecule has 0 amide bonds. The molecule has 0 aliphatic carbocycles. The fraction of sp³-hybridized carbons (Fsp3) is 0.263. The van der Waals surface area contributed by atoms with Gasteiger partial charge in [-0.05, 0) is 42.7 Å². The smallest absolute Gasteiger partial charge is 0.0413 e. The quantitative estimate of drug-likeness (QED) is 0.764. The molecule has 2 aromatic carbocycles. The van der Waals surface area contributed by atoms with E-state index < -0.39 is 0 Å². The highest BCUT2D eigenvalue weighted by molar-refractivity contribution is 5.61. The summed E-state index contributed by atoms with van der Waals surface area (Å²) in [5, 5.41) is 6.65. The minimum absolute atomic E-state index is 0.328. The average molecular weight is 280 g/mol.